The van der Waals surface area contributed by atoms with E-state index >= 15 is 0 Å². The number of nitrogens with one attached hydrogen (secondary N) is 2. The lowest BCUT2D eigenvalue weighted by molar-refractivity contribution is -0.148. The van der Waals surface area contributed by atoms with Gasteiger partial charge in [-0.2, -0.15) is 5.10 Å². The zero-order valence-corrected chi connectivity index (χ0v) is 19.2. The molecule has 0 radical (unpaired) electrons. The summed E-state index contributed by atoms with van der Waals surface area (Å²) in [5, 5.41) is 37.0. The molecular formula is C23H24ClFN4O5. The molecule has 0 saturated carbocycles. The summed E-state index contributed by atoms with van der Waals surface area (Å²) >= 11 is 5.96. The molecule has 0 bridgehead atoms. The van der Waals surface area contributed by atoms with Gasteiger partial charge in [0.2, 0.25) is 0 Å². The van der Waals surface area contributed by atoms with Gasteiger partial charge in [-0.25, -0.2) is 14.2 Å². The van der Waals surface area contributed by atoms with Crippen LogP contribution in [0.25, 0.3) is 11.1 Å². The van der Waals surface area contributed by atoms with Gasteiger partial charge in [0.1, 0.15) is 11.4 Å². The lowest BCUT2D eigenvalue weighted by atomic mass is 10.0. The Bertz CT molecular complexity index is 1180. The fraction of sp³-hybridized carbons (Fsp3) is 0.261. The second-order valence-electron chi connectivity index (χ2n) is 8.22. The van der Waals surface area contributed by atoms with E-state index in [1.807, 2.05) is 0 Å². The maximum absolute atomic E-state index is 14.1. The lowest BCUT2D eigenvalue weighted by Gasteiger charge is -2.24. The van der Waals surface area contributed by atoms with Gasteiger partial charge in [-0.1, -0.05) is 35.9 Å². The van der Waals surface area contributed by atoms with Crippen LogP contribution in [0.15, 0.2) is 48.5 Å². The molecule has 1 atom stereocenters. The number of aromatic amines is 1. The highest BCUT2D eigenvalue weighted by atomic mass is 35.5. The van der Waals surface area contributed by atoms with Crippen molar-refractivity contribution in [3.05, 3.63) is 76.3 Å². The Hall–Kier alpha value is -3.31. The van der Waals surface area contributed by atoms with Crippen molar-refractivity contribution in [2.75, 3.05) is 6.54 Å². The SMILES string of the molecule is CC(C)(O)c1cc(C(=O)NN(Cc2ccc(-c3cc(Cl)ccc3F)cc2)CC(O)C(=O)O)n[nH]1. The summed E-state index contributed by atoms with van der Waals surface area (Å²) in [4.78, 5) is 23.8. The Labute approximate surface area is 199 Å². The van der Waals surface area contributed by atoms with Crippen LogP contribution in [-0.2, 0) is 16.9 Å². The van der Waals surface area contributed by atoms with E-state index in [0.717, 1.165) is 0 Å². The van der Waals surface area contributed by atoms with Crippen LogP contribution < -0.4 is 5.43 Å². The third-order valence-corrected chi connectivity index (χ3v) is 5.21. The van der Waals surface area contributed by atoms with Crippen molar-refractivity contribution in [1.82, 2.24) is 20.6 Å². The molecule has 34 heavy (non-hydrogen) atoms. The third kappa shape index (κ3) is 6.39. The molecule has 0 fully saturated rings. The second kappa shape index (κ2) is 10.3. The Morgan fingerprint density at radius 2 is 1.88 bits per heavy atom. The number of rotatable bonds is 9. The zero-order valence-electron chi connectivity index (χ0n) is 18.4. The zero-order chi connectivity index (χ0) is 25.0. The van der Waals surface area contributed by atoms with Crippen LogP contribution in [0.5, 0.6) is 0 Å². The highest BCUT2D eigenvalue weighted by Gasteiger charge is 2.24. The van der Waals surface area contributed by atoms with Crippen molar-refractivity contribution in [2.24, 2.45) is 0 Å². The van der Waals surface area contributed by atoms with Gasteiger partial charge in [-0.15, -0.1) is 0 Å². The molecule has 0 aliphatic carbocycles. The average Bonchev–Trinajstić information content (AvgIpc) is 3.27. The first-order valence-corrected chi connectivity index (χ1v) is 10.6. The molecule has 3 aromatic rings. The maximum atomic E-state index is 14.1. The molecule has 9 nitrogen and oxygen atoms in total. The molecule has 0 saturated heterocycles. The van der Waals surface area contributed by atoms with E-state index in [-0.39, 0.29) is 12.2 Å². The minimum absolute atomic E-state index is 0.0290. The van der Waals surface area contributed by atoms with Crippen molar-refractivity contribution in [3.63, 3.8) is 0 Å². The molecule has 3 rings (SSSR count). The summed E-state index contributed by atoms with van der Waals surface area (Å²) in [6, 6.07) is 12.3. The number of hydrogen-bond acceptors (Lipinski definition) is 6. The van der Waals surface area contributed by atoms with Crippen molar-refractivity contribution < 1.29 is 29.3 Å². The predicted molar refractivity (Wildman–Crippen MR) is 122 cm³/mol. The van der Waals surface area contributed by atoms with Gasteiger partial charge in [-0.3, -0.25) is 15.3 Å². The number of nitrogens with zero attached hydrogens (tertiary/aromatic N) is 2. The van der Waals surface area contributed by atoms with E-state index in [1.54, 1.807) is 24.3 Å². The number of carboxylic acid groups (broad SMARTS) is 1. The molecule has 1 aromatic heterocycles. The highest BCUT2D eigenvalue weighted by molar-refractivity contribution is 6.30. The van der Waals surface area contributed by atoms with Crippen LogP contribution in [0.4, 0.5) is 4.39 Å². The van der Waals surface area contributed by atoms with E-state index in [0.29, 0.717) is 27.4 Å². The Kier molecular flexibility index (Phi) is 7.68. The fourth-order valence-corrected chi connectivity index (χ4v) is 3.29. The van der Waals surface area contributed by atoms with Crippen molar-refractivity contribution in [1.29, 1.82) is 0 Å². The number of carbonyl (C=O) groups is 2. The van der Waals surface area contributed by atoms with Crippen LogP contribution in [0.2, 0.25) is 5.02 Å². The number of H-pyrrole nitrogens is 1. The lowest BCUT2D eigenvalue weighted by Crippen LogP contribution is -2.47. The Morgan fingerprint density at radius 1 is 1.21 bits per heavy atom. The largest absolute Gasteiger partial charge is 0.479 e. The molecule has 1 unspecified atom stereocenters. The van der Waals surface area contributed by atoms with E-state index in [4.69, 9.17) is 16.7 Å². The number of halogens is 2. The smallest absolute Gasteiger partial charge is 0.333 e. The van der Waals surface area contributed by atoms with Crippen LogP contribution in [-0.4, -0.2) is 55.1 Å². The van der Waals surface area contributed by atoms with Crippen LogP contribution in [0.3, 0.4) is 0 Å². The predicted octanol–water partition coefficient (Wildman–Crippen LogP) is 2.69. The van der Waals surface area contributed by atoms with Gasteiger partial charge in [-0.05, 0) is 49.2 Å². The van der Waals surface area contributed by atoms with Crippen molar-refractivity contribution in [2.45, 2.75) is 32.1 Å². The van der Waals surface area contributed by atoms with Crippen molar-refractivity contribution in [3.8, 4) is 11.1 Å². The highest BCUT2D eigenvalue weighted by Crippen LogP contribution is 2.26. The minimum Gasteiger partial charge on any atom is -0.479 e. The summed E-state index contributed by atoms with van der Waals surface area (Å²) < 4.78 is 14.1. The summed E-state index contributed by atoms with van der Waals surface area (Å²) in [6.07, 6.45) is -1.76. The number of aliphatic hydroxyl groups excluding tert-OH is 1. The number of benzene rings is 2. The first kappa shape index (κ1) is 25.3. The molecule has 180 valence electrons. The monoisotopic (exact) mass is 490 g/mol. The first-order valence-electron chi connectivity index (χ1n) is 10.2. The number of aromatic nitrogens is 2. The fourth-order valence-electron chi connectivity index (χ4n) is 3.12. The molecule has 2 aromatic carbocycles. The molecule has 1 amide bonds. The summed E-state index contributed by atoms with van der Waals surface area (Å²) in [5.74, 6) is -2.54. The van der Waals surface area contributed by atoms with E-state index in [2.05, 4.69) is 15.6 Å². The summed E-state index contributed by atoms with van der Waals surface area (Å²) in [7, 11) is 0. The number of hydrogen-bond donors (Lipinski definition) is 5. The van der Waals surface area contributed by atoms with Gasteiger partial charge >= 0.3 is 5.97 Å². The number of carboxylic acids is 1. The first-order chi connectivity index (χ1) is 15.9. The molecule has 1 heterocycles. The van der Waals surface area contributed by atoms with Gasteiger partial charge in [0.15, 0.2) is 11.8 Å². The quantitative estimate of drug-likeness (QED) is 0.291. The van der Waals surface area contributed by atoms with E-state index < -0.39 is 35.9 Å². The standard InChI is InChI=1S/C23H24ClFN4O5/c1-23(2,34)20-10-18(26-27-20)21(31)28-29(12-19(30)22(32)33)11-13-3-5-14(6-4-13)16-9-15(24)7-8-17(16)25/h3-10,19,30,34H,11-12H2,1-2H3,(H,26,27)(H,28,31)(H,32,33). The second-order valence-corrected chi connectivity index (χ2v) is 8.66. The third-order valence-electron chi connectivity index (χ3n) is 4.97. The van der Waals surface area contributed by atoms with Crippen molar-refractivity contribution >= 4 is 23.5 Å². The van der Waals surface area contributed by atoms with Gasteiger partial charge in [0.05, 0.1) is 12.2 Å². The van der Waals surface area contributed by atoms with Crippen LogP contribution >= 0.6 is 11.6 Å². The number of carbonyl (C=O) groups excluding carboxylic acids is 1. The molecular weight excluding hydrogens is 467 g/mol. The van der Waals surface area contributed by atoms with Gasteiger partial charge in [0.25, 0.3) is 5.91 Å². The summed E-state index contributed by atoms with van der Waals surface area (Å²) in [5.41, 5.74) is 3.14. The number of aliphatic hydroxyl groups is 2. The Balaban J connectivity index is 1.78. The van der Waals surface area contributed by atoms with Gasteiger partial charge in [0, 0.05) is 17.1 Å². The maximum Gasteiger partial charge on any atom is 0.333 e. The topological polar surface area (TPSA) is 139 Å². The minimum atomic E-state index is -1.76. The molecule has 5 N–H and O–H groups in total. The van der Waals surface area contributed by atoms with Crippen LogP contribution in [0, 0.1) is 5.82 Å². The Morgan fingerprint density at radius 3 is 2.47 bits per heavy atom. The summed E-state index contributed by atoms with van der Waals surface area (Å²) in [6.45, 7) is 2.68. The number of aliphatic carboxylic acids is 1. The average molecular weight is 491 g/mol. The van der Waals surface area contributed by atoms with Gasteiger partial charge < -0.3 is 15.3 Å². The van der Waals surface area contributed by atoms with E-state index in [9.17, 15) is 24.2 Å². The molecule has 0 spiro atoms. The van der Waals surface area contributed by atoms with E-state index in [1.165, 1.54) is 43.1 Å². The normalized spacial score (nSPS) is 12.6. The number of amides is 1. The molecule has 0 aliphatic rings. The molecule has 11 heteroatoms. The number of hydrazine groups is 1. The molecule has 0 aliphatic heterocycles. The van der Waals surface area contributed by atoms with Crippen LogP contribution in [0.1, 0.15) is 35.6 Å².